The number of fused-ring (bicyclic) bond motifs is 1. The van der Waals surface area contributed by atoms with E-state index in [1.165, 1.54) is 27.8 Å². The van der Waals surface area contributed by atoms with Crippen LogP contribution in [0.25, 0.3) is 0 Å². The standard InChI is InChI=1S/C25H29N5O2S2/c1-14-6-9-19-20(12-26)24(34-21(19)10-14)27-22(31)13-33-25-29-28-23(30(25)5)17(4)32-18-8-7-15(2)16(3)11-18/h7-8,11,14,17H,6,9-10,13H2,1-5H3,(H,27,31). The summed E-state index contributed by atoms with van der Waals surface area (Å²) >= 11 is 2.86. The van der Waals surface area contributed by atoms with Crippen molar-refractivity contribution in [1.29, 1.82) is 5.26 Å². The van der Waals surface area contributed by atoms with Crippen LogP contribution in [0.5, 0.6) is 5.75 Å². The van der Waals surface area contributed by atoms with Crippen molar-refractivity contribution < 1.29 is 9.53 Å². The molecule has 1 aliphatic carbocycles. The third-order valence-electron chi connectivity index (χ3n) is 6.23. The van der Waals surface area contributed by atoms with Gasteiger partial charge in [0.15, 0.2) is 17.1 Å². The molecule has 0 spiro atoms. The van der Waals surface area contributed by atoms with E-state index in [-0.39, 0.29) is 17.8 Å². The number of nitrogens with zero attached hydrogens (tertiary/aromatic N) is 4. The summed E-state index contributed by atoms with van der Waals surface area (Å²) in [7, 11) is 1.87. The van der Waals surface area contributed by atoms with Crippen molar-refractivity contribution in [1.82, 2.24) is 14.8 Å². The Labute approximate surface area is 208 Å². The fourth-order valence-corrected chi connectivity index (χ4v) is 6.20. The van der Waals surface area contributed by atoms with Gasteiger partial charge < -0.3 is 14.6 Å². The zero-order valence-electron chi connectivity index (χ0n) is 20.1. The number of ether oxygens (including phenoxy) is 1. The Kier molecular flexibility index (Phi) is 7.29. The molecule has 1 aromatic carbocycles. The van der Waals surface area contributed by atoms with Crippen LogP contribution in [0.2, 0.25) is 0 Å². The van der Waals surface area contributed by atoms with Crippen LogP contribution in [0.15, 0.2) is 23.4 Å². The molecule has 2 heterocycles. The lowest BCUT2D eigenvalue weighted by atomic mass is 9.89. The highest BCUT2D eigenvalue weighted by molar-refractivity contribution is 7.99. The first kappa shape index (κ1) is 24.3. The van der Waals surface area contributed by atoms with Gasteiger partial charge >= 0.3 is 0 Å². The highest BCUT2D eigenvalue weighted by Crippen LogP contribution is 2.39. The van der Waals surface area contributed by atoms with E-state index in [1.54, 1.807) is 11.3 Å². The summed E-state index contributed by atoms with van der Waals surface area (Å²) in [6.07, 6.45) is 2.68. The Bertz CT molecular complexity index is 1260. The van der Waals surface area contributed by atoms with E-state index < -0.39 is 0 Å². The summed E-state index contributed by atoms with van der Waals surface area (Å²) in [5.74, 6) is 2.12. The molecule has 34 heavy (non-hydrogen) atoms. The number of carbonyl (C=O) groups excluding carboxylic acids is 1. The number of nitrogens with one attached hydrogen (secondary N) is 1. The van der Waals surface area contributed by atoms with E-state index in [4.69, 9.17) is 4.74 Å². The first-order chi connectivity index (χ1) is 16.3. The molecule has 0 radical (unpaired) electrons. The number of hydrogen-bond acceptors (Lipinski definition) is 7. The molecule has 2 atom stereocenters. The summed E-state index contributed by atoms with van der Waals surface area (Å²) in [6.45, 7) is 8.29. The average molecular weight is 496 g/mol. The van der Waals surface area contributed by atoms with Crippen LogP contribution in [0.3, 0.4) is 0 Å². The largest absolute Gasteiger partial charge is 0.483 e. The molecule has 2 unspecified atom stereocenters. The van der Waals surface area contributed by atoms with Gasteiger partial charge in [0.2, 0.25) is 5.91 Å². The molecule has 1 aliphatic rings. The van der Waals surface area contributed by atoms with Crippen LogP contribution in [0.4, 0.5) is 5.00 Å². The van der Waals surface area contributed by atoms with Gasteiger partial charge in [-0.1, -0.05) is 24.8 Å². The molecular formula is C25H29N5O2S2. The van der Waals surface area contributed by atoms with Crippen LogP contribution < -0.4 is 10.1 Å². The third-order valence-corrected chi connectivity index (χ3v) is 8.42. The number of amides is 1. The Morgan fingerprint density at radius 1 is 1.38 bits per heavy atom. The van der Waals surface area contributed by atoms with Crippen molar-refractivity contribution in [2.24, 2.45) is 13.0 Å². The van der Waals surface area contributed by atoms with E-state index in [0.29, 0.717) is 27.5 Å². The molecule has 0 saturated carbocycles. The second-order valence-corrected chi connectivity index (χ2v) is 11.0. The molecule has 9 heteroatoms. The summed E-state index contributed by atoms with van der Waals surface area (Å²) in [4.78, 5) is 13.9. The molecular weight excluding hydrogens is 466 g/mol. The van der Waals surface area contributed by atoms with Crippen LogP contribution in [0.1, 0.15) is 59.3 Å². The van der Waals surface area contributed by atoms with Crippen LogP contribution in [-0.4, -0.2) is 26.4 Å². The summed E-state index contributed by atoms with van der Waals surface area (Å²) in [5, 5.41) is 22.4. The molecule has 7 nitrogen and oxygen atoms in total. The van der Waals surface area contributed by atoms with E-state index >= 15 is 0 Å². The lowest BCUT2D eigenvalue weighted by molar-refractivity contribution is -0.113. The van der Waals surface area contributed by atoms with Crippen LogP contribution in [-0.2, 0) is 24.7 Å². The first-order valence-corrected chi connectivity index (χ1v) is 13.2. The fraction of sp³-hybridized carbons (Fsp3) is 0.440. The maximum atomic E-state index is 12.7. The fourth-order valence-electron chi connectivity index (χ4n) is 4.10. The molecule has 178 valence electrons. The highest BCUT2D eigenvalue weighted by atomic mass is 32.2. The second kappa shape index (κ2) is 10.2. The quantitative estimate of drug-likeness (QED) is 0.444. The molecule has 1 N–H and O–H groups in total. The van der Waals surface area contributed by atoms with Gasteiger partial charge in [0.1, 0.15) is 16.8 Å². The van der Waals surface area contributed by atoms with Gasteiger partial charge in [-0.25, -0.2) is 0 Å². The number of thioether (sulfide) groups is 1. The molecule has 4 rings (SSSR count). The van der Waals surface area contributed by atoms with Crippen molar-refractivity contribution >= 4 is 34.0 Å². The predicted octanol–water partition coefficient (Wildman–Crippen LogP) is 5.36. The van der Waals surface area contributed by atoms with Gasteiger partial charge in [0, 0.05) is 11.9 Å². The first-order valence-electron chi connectivity index (χ1n) is 11.4. The Hall–Kier alpha value is -2.83. The number of anilines is 1. The van der Waals surface area contributed by atoms with Crippen molar-refractivity contribution in [3.8, 4) is 11.8 Å². The topological polar surface area (TPSA) is 92.8 Å². The predicted molar refractivity (Wildman–Crippen MR) is 136 cm³/mol. The van der Waals surface area contributed by atoms with Crippen molar-refractivity contribution in [3.63, 3.8) is 0 Å². The minimum Gasteiger partial charge on any atom is -0.483 e. The Morgan fingerprint density at radius 3 is 2.91 bits per heavy atom. The zero-order chi connectivity index (χ0) is 24.4. The van der Waals surface area contributed by atoms with E-state index in [9.17, 15) is 10.1 Å². The van der Waals surface area contributed by atoms with Gasteiger partial charge in [-0.15, -0.1) is 21.5 Å². The summed E-state index contributed by atoms with van der Waals surface area (Å²) in [5.41, 5.74) is 4.13. The lowest BCUT2D eigenvalue weighted by Gasteiger charge is -2.17. The maximum Gasteiger partial charge on any atom is 0.235 e. The van der Waals surface area contributed by atoms with E-state index in [1.807, 2.05) is 36.7 Å². The highest BCUT2D eigenvalue weighted by Gasteiger charge is 2.25. The van der Waals surface area contributed by atoms with Crippen LogP contribution in [0, 0.1) is 31.1 Å². The van der Waals surface area contributed by atoms with Crippen molar-refractivity contribution in [2.45, 2.75) is 58.2 Å². The Morgan fingerprint density at radius 2 is 2.18 bits per heavy atom. The van der Waals surface area contributed by atoms with E-state index in [0.717, 1.165) is 30.6 Å². The molecule has 0 fully saturated rings. The number of benzene rings is 1. The molecule has 1 amide bonds. The number of aromatic nitrogens is 3. The normalized spacial score (nSPS) is 15.9. The van der Waals surface area contributed by atoms with Crippen molar-refractivity contribution in [2.75, 3.05) is 11.1 Å². The minimum atomic E-state index is -0.291. The van der Waals surface area contributed by atoms with Gasteiger partial charge in [0.05, 0.1) is 11.3 Å². The third kappa shape index (κ3) is 5.13. The number of rotatable bonds is 7. The average Bonchev–Trinajstić information content (AvgIpc) is 3.33. The zero-order valence-corrected chi connectivity index (χ0v) is 21.8. The summed E-state index contributed by atoms with van der Waals surface area (Å²) < 4.78 is 7.92. The molecule has 0 bridgehead atoms. The smallest absolute Gasteiger partial charge is 0.235 e. The molecule has 0 aliphatic heterocycles. The summed E-state index contributed by atoms with van der Waals surface area (Å²) in [6, 6.07) is 8.30. The molecule has 3 aromatic rings. The minimum absolute atomic E-state index is 0.155. The Balaban J connectivity index is 1.38. The second-order valence-electron chi connectivity index (χ2n) is 8.91. The van der Waals surface area contributed by atoms with E-state index in [2.05, 4.69) is 42.4 Å². The number of nitriles is 1. The van der Waals surface area contributed by atoms with Gasteiger partial charge in [-0.3, -0.25) is 4.79 Å². The maximum absolute atomic E-state index is 12.7. The number of thiophene rings is 1. The van der Waals surface area contributed by atoms with Gasteiger partial charge in [-0.05, 0) is 74.8 Å². The van der Waals surface area contributed by atoms with Gasteiger partial charge in [0.25, 0.3) is 0 Å². The van der Waals surface area contributed by atoms with Crippen LogP contribution >= 0.6 is 23.1 Å². The number of hydrogen-bond donors (Lipinski definition) is 1. The molecule has 0 saturated heterocycles. The van der Waals surface area contributed by atoms with Crippen molar-refractivity contribution in [3.05, 3.63) is 51.2 Å². The molecule has 2 aromatic heterocycles. The monoisotopic (exact) mass is 495 g/mol. The SMILES string of the molecule is Cc1ccc(OC(C)c2nnc(SCC(=O)Nc3sc4c(c3C#N)CCC(C)C4)n2C)cc1C. The van der Waals surface area contributed by atoms with Gasteiger partial charge in [-0.2, -0.15) is 5.26 Å². The lowest BCUT2D eigenvalue weighted by Crippen LogP contribution is -2.15. The number of aryl methyl sites for hydroxylation is 2. The number of carbonyl (C=O) groups is 1.